The molecule has 10 nitrogen and oxygen atoms in total. The van der Waals surface area contributed by atoms with Gasteiger partial charge in [0.2, 0.25) is 0 Å². The third-order valence-electron chi connectivity index (χ3n) is 3.12. The molecule has 11 heteroatoms. The molecular formula is C16H31ClN10. The Labute approximate surface area is 167 Å². The van der Waals surface area contributed by atoms with Crippen LogP contribution in [0.3, 0.4) is 0 Å². The Morgan fingerprint density at radius 3 is 1.30 bits per heavy atom. The van der Waals surface area contributed by atoms with Crippen molar-refractivity contribution in [1.82, 2.24) is 0 Å². The molecule has 0 spiro atoms. The van der Waals surface area contributed by atoms with E-state index >= 15 is 0 Å². The van der Waals surface area contributed by atoms with E-state index in [1.54, 1.807) is 41.5 Å². The van der Waals surface area contributed by atoms with E-state index < -0.39 is 11.1 Å². The maximum Gasteiger partial charge on any atom is 0.132 e. The topological polar surface area (TPSA) is 197 Å². The lowest BCUT2D eigenvalue weighted by Gasteiger charge is -2.20. The van der Waals surface area contributed by atoms with Crippen molar-refractivity contribution < 1.29 is 0 Å². The van der Waals surface area contributed by atoms with Gasteiger partial charge in [0.15, 0.2) is 0 Å². The zero-order chi connectivity index (χ0) is 21.0. The molecule has 0 heterocycles. The number of nitrogens with one attached hydrogen (secondary N) is 2. The Balaban J connectivity index is -0.000000416. The molecule has 2 atom stereocenters. The SMILES string of the molecule is CC(C#N)CN=NCC(C)C#N.CC(C)(N=NC(C)(C)C(=N)N)C(=N)N.Cl. The lowest BCUT2D eigenvalue weighted by atomic mass is 10.1. The van der Waals surface area contributed by atoms with Gasteiger partial charge in [-0.05, 0) is 41.5 Å². The van der Waals surface area contributed by atoms with Gasteiger partial charge < -0.3 is 11.5 Å². The highest BCUT2D eigenvalue weighted by molar-refractivity contribution is 5.87. The normalized spacial score (nSPS) is 13.5. The number of halogens is 1. The molecule has 0 saturated carbocycles. The van der Waals surface area contributed by atoms with Crippen LogP contribution in [0.5, 0.6) is 0 Å². The highest BCUT2D eigenvalue weighted by Crippen LogP contribution is 2.15. The molecule has 0 aliphatic carbocycles. The molecule has 0 aliphatic rings. The van der Waals surface area contributed by atoms with E-state index in [4.69, 9.17) is 32.8 Å². The minimum Gasteiger partial charge on any atom is -0.386 e. The van der Waals surface area contributed by atoms with Crippen molar-refractivity contribution in [3.05, 3.63) is 0 Å². The first-order valence-electron chi connectivity index (χ1n) is 8.05. The summed E-state index contributed by atoms with van der Waals surface area (Å²) >= 11 is 0. The summed E-state index contributed by atoms with van der Waals surface area (Å²) in [4.78, 5) is 0. The van der Waals surface area contributed by atoms with Crippen molar-refractivity contribution in [2.45, 2.75) is 52.6 Å². The van der Waals surface area contributed by atoms with Gasteiger partial charge in [-0.2, -0.15) is 31.0 Å². The molecule has 0 aliphatic heterocycles. The van der Waals surface area contributed by atoms with Crippen molar-refractivity contribution in [2.75, 3.05) is 13.1 Å². The van der Waals surface area contributed by atoms with Crippen molar-refractivity contribution in [3.8, 4) is 12.1 Å². The molecule has 2 unspecified atom stereocenters. The maximum atomic E-state index is 8.39. The number of azo groups is 2. The lowest BCUT2D eigenvalue weighted by molar-refractivity contribution is 0.557. The lowest BCUT2D eigenvalue weighted by Crippen LogP contribution is -2.38. The fourth-order valence-corrected chi connectivity index (χ4v) is 0.800. The summed E-state index contributed by atoms with van der Waals surface area (Å²) < 4.78 is 0. The van der Waals surface area contributed by atoms with Crippen LogP contribution < -0.4 is 11.5 Å². The quantitative estimate of drug-likeness (QED) is 0.277. The van der Waals surface area contributed by atoms with Crippen LogP contribution in [0, 0.1) is 45.3 Å². The fraction of sp³-hybridized carbons (Fsp3) is 0.750. The van der Waals surface area contributed by atoms with Gasteiger partial charge in [0.25, 0.3) is 0 Å². The maximum absolute atomic E-state index is 8.39. The number of nitrogens with two attached hydrogens (primary N) is 2. The first kappa shape index (κ1) is 29.2. The Kier molecular flexibility index (Phi) is 14.7. The highest BCUT2D eigenvalue weighted by atomic mass is 35.5. The van der Waals surface area contributed by atoms with Gasteiger partial charge in [0.05, 0.1) is 37.1 Å². The number of nitriles is 2. The predicted molar refractivity (Wildman–Crippen MR) is 108 cm³/mol. The first-order valence-corrected chi connectivity index (χ1v) is 8.05. The molecule has 0 radical (unpaired) electrons. The van der Waals surface area contributed by atoms with E-state index in [2.05, 4.69) is 20.5 Å². The summed E-state index contributed by atoms with van der Waals surface area (Å²) in [6, 6.07) is 4.10. The smallest absolute Gasteiger partial charge is 0.132 e. The van der Waals surface area contributed by atoms with E-state index in [0.717, 1.165) is 0 Å². The van der Waals surface area contributed by atoms with E-state index in [0.29, 0.717) is 13.1 Å². The molecule has 0 aromatic heterocycles. The second-order valence-corrected chi connectivity index (χ2v) is 6.85. The zero-order valence-electron chi connectivity index (χ0n) is 16.8. The van der Waals surface area contributed by atoms with Gasteiger partial charge in [0, 0.05) is 0 Å². The van der Waals surface area contributed by atoms with Crippen LogP contribution in [-0.4, -0.2) is 35.8 Å². The monoisotopic (exact) mass is 398 g/mol. The number of amidine groups is 2. The van der Waals surface area contributed by atoms with Crippen molar-refractivity contribution >= 4 is 24.1 Å². The minimum atomic E-state index is -0.841. The average molecular weight is 399 g/mol. The van der Waals surface area contributed by atoms with E-state index in [-0.39, 0.29) is 35.9 Å². The van der Waals surface area contributed by atoms with Crippen molar-refractivity contribution in [3.63, 3.8) is 0 Å². The van der Waals surface area contributed by atoms with Crippen LogP contribution in [0.25, 0.3) is 0 Å². The largest absolute Gasteiger partial charge is 0.386 e. The third-order valence-corrected chi connectivity index (χ3v) is 3.12. The second-order valence-electron chi connectivity index (χ2n) is 6.85. The minimum absolute atomic E-state index is 0. The Hall–Kier alpha value is -2.59. The molecule has 0 aromatic carbocycles. The van der Waals surface area contributed by atoms with Crippen LogP contribution >= 0.6 is 12.4 Å². The Morgan fingerprint density at radius 1 is 0.852 bits per heavy atom. The molecule has 0 rings (SSSR count). The van der Waals surface area contributed by atoms with E-state index in [1.807, 2.05) is 12.1 Å². The summed E-state index contributed by atoms with van der Waals surface area (Å²) in [5.74, 6) is -0.321. The fourth-order valence-electron chi connectivity index (χ4n) is 0.800. The third kappa shape index (κ3) is 14.3. The molecule has 0 fully saturated rings. The van der Waals surface area contributed by atoms with Crippen molar-refractivity contribution in [2.24, 2.45) is 43.8 Å². The Bertz CT molecular complexity index is 558. The summed E-state index contributed by atoms with van der Waals surface area (Å²) in [6.07, 6.45) is 0. The number of hydrogen-bond donors (Lipinski definition) is 4. The number of hydrogen-bond acceptors (Lipinski definition) is 8. The molecule has 6 N–H and O–H groups in total. The van der Waals surface area contributed by atoms with Gasteiger partial charge >= 0.3 is 0 Å². The van der Waals surface area contributed by atoms with Crippen molar-refractivity contribution in [1.29, 1.82) is 21.3 Å². The van der Waals surface area contributed by atoms with E-state index in [1.165, 1.54) is 0 Å². The van der Waals surface area contributed by atoms with Crippen LogP contribution in [0.15, 0.2) is 20.5 Å². The number of nitrogens with zero attached hydrogens (tertiary/aromatic N) is 6. The van der Waals surface area contributed by atoms with Gasteiger partial charge in [-0.1, -0.05) is 0 Å². The van der Waals surface area contributed by atoms with Gasteiger partial charge in [0.1, 0.15) is 22.7 Å². The molecule has 152 valence electrons. The Morgan fingerprint density at radius 2 is 1.11 bits per heavy atom. The summed E-state index contributed by atoms with van der Waals surface area (Å²) in [7, 11) is 0. The van der Waals surface area contributed by atoms with Gasteiger partial charge in [-0.25, -0.2) is 0 Å². The molecule has 27 heavy (non-hydrogen) atoms. The number of rotatable bonds is 8. The summed E-state index contributed by atoms with van der Waals surface area (Å²) in [5.41, 5.74) is 8.96. The molecule has 0 amide bonds. The molecule has 0 saturated heterocycles. The van der Waals surface area contributed by atoms with Crippen LogP contribution in [0.1, 0.15) is 41.5 Å². The zero-order valence-corrected chi connectivity index (χ0v) is 17.6. The van der Waals surface area contributed by atoms with E-state index in [9.17, 15) is 0 Å². The molecule has 0 aromatic rings. The molecule has 0 bridgehead atoms. The van der Waals surface area contributed by atoms with Gasteiger partial charge in [-0.3, -0.25) is 10.8 Å². The first-order chi connectivity index (χ1) is 11.8. The second kappa shape index (κ2) is 13.6. The van der Waals surface area contributed by atoms with Crippen LogP contribution in [0.2, 0.25) is 0 Å². The summed E-state index contributed by atoms with van der Waals surface area (Å²) in [6.45, 7) is 11.1. The average Bonchev–Trinajstić information content (AvgIpc) is 2.56. The molecular weight excluding hydrogens is 368 g/mol. The van der Waals surface area contributed by atoms with Crippen LogP contribution in [0.4, 0.5) is 0 Å². The highest BCUT2D eigenvalue weighted by Gasteiger charge is 2.25. The standard InChI is InChI=1S/C8H18N6.C8H12N4.ClH/c1-7(2,5(9)10)13-14-8(3,4)6(11)12;1-7(3-9)5-11-12-6-8(2)4-10;/h1-4H3,(H3,9,10)(H3,11,12);7-8H,5-6H2,1-2H3;1H. The predicted octanol–water partition coefficient (Wildman–Crippen LogP) is 3.05. The van der Waals surface area contributed by atoms with Crippen LogP contribution in [-0.2, 0) is 0 Å². The summed E-state index contributed by atoms with van der Waals surface area (Å²) in [5, 5.41) is 46.6. The van der Waals surface area contributed by atoms with Gasteiger partial charge in [-0.15, -0.1) is 12.4 Å².